The van der Waals surface area contributed by atoms with Gasteiger partial charge in [-0.1, -0.05) is 19.1 Å². The molecule has 2 nitrogen and oxygen atoms in total. The van der Waals surface area contributed by atoms with Crippen molar-refractivity contribution < 1.29 is 0 Å². The van der Waals surface area contributed by atoms with E-state index in [-0.39, 0.29) is 5.54 Å². The molecule has 1 aliphatic heterocycles. The van der Waals surface area contributed by atoms with Crippen LogP contribution in [0.15, 0.2) is 12.2 Å². The van der Waals surface area contributed by atoms with Gasteiger partial charge in [0, 0.05) is 18.6 Å². The van der Waals surface area contributed by atoms with Crippen LogP contribution in [-0.4, -0.2) is 36.6 Å². The Balaban J connectivity index is 2.39. The number of allylic oxidation sites excluding steroid dienone is 1. The molecule has 2 heteroatoms. The molecule has 0 unspecified atom stereocenters. The molecule has 0 aromatic carbocycles. The van der Waals surface area contributed by atoms with Crippen LogP contribution in [0, 0.1) is 0 Å². The molecule has 1 N–H and O–H groups in total. The van der Waals surface area contributed by atoms with Crippen molar-refractivity contribution in [1.29, 1.82) is 0 Å². The summed E-state index contributed by atoms with van der Waals surface area (Å²) in [6.45, 7) is 11.4. The van der Waals surface area contributed by atoms with E-state index in [9.17, 15) is 0 Å². The van der Waals surface area contributed by atoms with Crippen LogP contribution in [0.4, 0.5) is 0 Å². The molecule has 14 heavy (non-hydrogen) atoms. The van der Waals surface area contributed by atoms with Crippen molar-refractivity contribution in [2.75, 3.05) is 26.2 Å². The number of rotatable bonds is 3. The fraction of sp³-hybridized carbons (Fsp3) is 0.833. The zero-order valence-corrected chi connectivity index (χ0v) is 9.84. The Hall–Kier alpha value is -0.340. The lowest BCUT2D eigenvalue weighted by molar-refractivity contribution is 0.251. The Morgan fingerprint density at radius 3 is 2.86 bits per heavy atom. The quantitative estimate of drug-likeness (QED) is 0.695. The average Bonchev–Trinajstić information content (AvgIpc) is 2.27. The van der Waals surface area contributed by atoms with E-state index in [1.54, 1.807) is 0 Å². The molecule has 1 rings (SSSR count). The van der Waals surface area contributed by atoms with E-state index in [1.807, 2.05) is 0 Å². The highest BCUT2D eigenvalue weighted by molar-refractivity contribution is 4.89. The van der Waals surface area contributed by atoms with Crippen molar-refractivity contribution in [3.63, 3.8) is 0 Å². The third kappa shape index (κ3) is 4.25. The van der Waals surface area contributed by atoms with E-state index in [2.05, 4.69) is 43.1 Å². The first-order valence-corrected chi connectivity index (χ1v) is 5.76. The van der Waals surface area contributed by atoms with Crippen molar-refractivity contribution in [2.24, 2.45) is 0 Å². The van der Waals surface area contributed by atoms with Crippen LogP contribution in [0.5, 0.6) is 0 Å². The van der Waals surface area contributed by atoms with E-state index in [1.165, 1.54) is 13.0 Å². The minimum absolute atomic E-state index is 0.274. The zero-order valence-electron chi connectivity index (χ0n) is 9.84. The summed E-state index contributed by atoms with van der Waals surface area (Å²) in [7, 11) is 0. The molecule has 1 aliphatic rings. The molecule has 0 radical (unpaired) electrons. The number of nitrogens with zero attached hydrogens (tertiary/aromatic N) is 1. The van der Waals surface area contributed by atoms with Crippen LogP contribution in [-0.2, 0) is 0 Å². The molecule has 0 bridgehead atoms. The van der Waals surface area contributed by atoms with Crippen LogP contribution in [0.2, 0.25) is 0 Å². The lowest BCUT2D eigenvalue weighted by Gasteiger charge is -2.29. The van der Waals surface area contributed by atoms with E-state index in [4.69, 9.17) is 0 Å². The predicted octanol–water partition coefficient (Wildman–Crippen LogP) is 2.03. The highest BCUT2D eigenvalue weighted by Crippen LogP contribution is 2.10. The third-order valence-corrected chi connectivity index (χ3v) is 2.64. The summed E-state index contributed by atoms with van der Waals surface area (Å²) in [5, 5.41) is 3.58. The van der Waals surface area contributed by atoms with Gasteiger partial charge in [0.25, 0.3) is 0 Å². The number of hydrogen-bond donors (Lipinski definition) is 1. The number of nitrogens with one attached hydrogen (secondary N) is 1. The third-order valence-electron chi connectivity index (χ3n) is 2.64. The molecule has 0 atom stereocenters. The zero-order chi connectivity index (χ0) is 10.4. The van der Waals surface area contributed by atoms with Gasteiger partial charge in [-0.25, -0.2) is 0 Å². The maximum Gasteiger partial charge on any atom is 0.0252 e. The van der Waals surface area contributed by atoms with Gasteiger partial charge < -0.3 is 5.32 Å². The molecule has 0 aromatic heterocycles. The lowest BCUT2D eigenvalue weighted by atomic mass is 10.1. The van der Waals surface area contributed by atoms with Crippen LogP contribution in [0.25, 0.3) is 0 Å². The van der Waals surface area contributed by atoms with Gasteiger partial charge in [0.2, 0.25) is 0 Å². The van der Waals surface area contributed by atoms with Gasteiger partial charge >= 0.3 is 0 Å². The van der Waals surface area contributed by atoms with Crippen molar-refractivity contribution in [1.82, 2.24) is 10.2 Å². The Morgan fingerprint density at radius 1 is 1.36 bits per heavy atom. The van der Waals surface area contributed by atoms with Gasteiger partial charge in [0.05, 0.1) is 0 Å². The summed E-state index contributed by atoms with van der Waals surface area (Å²) in [5.41, 5.74) is 0.274. The predicted molar refractivity (Wildman–Crippen MR) is 62.6 cm³/mol. The first kappa shape index (κ1) is 11.7. The highest BCUT2D eigenvalue weighted by atomic mass is 15.2. The standard InChI is InChI=1S/C12H24N2/c1-4-5-6-9-14-10-7-8-13-12(2,3)11-14/h5-6,13H,4,7-11H2,1-3H3/b6-5+. The molecular weight excluding hydrogens is 172 g/mol. The Kier molecular flexibility index (Phi) is 4.63. The van der Waals surface area contributed by atoms with Crippen LogP contribution < -0.4 is 5.32 Å². The largest absolute Gasteiger partial charge is 0.310 e. The molecule has 0 aromatic rings. The van der Waals surface area contributed by atoms with Crippen LogP contribution in [0.3, 0.4) is 0 Å². The van der Waals surface area contributed by atoms with Crippen LogP contribution in [0.1, 0.15) is 33.6 Å². The first-order chi connectivity index (χ1) is 6.64. The average molecular weight is 196 g/mol. The molecule has 1 heterocycles. The maximum atomic E-state index is 3.58. The van der Waals surface area contributed by atoms with Crippen molar-refractivity contribution in [2.45, 2.75) is 39.2 Å². The number of hydrogen-bond acceptors (Lipinski definition) is 2. The van der Waals surface area contributed by atoms with E-state index in [0.717, 1.165) is 26.1 Å². The first-order valence-electron chi connectivity index (χ1n) is 5.76. The minimum Gasteiger partial charge on any atom is -0.310 e. The van der Waals surface area contributed by atoms with Crippen molar-refractivity contribution in [3.05, 3.63) is 12.2 Å². The van der Waals surface area contributed by atoms with E-state index in [0.29, 0.717) is 0 Å². The van der Waals surface area contributed by atoms with Gasteiger partial charge in [-0.15, -0.1) is 0 Å². The SMILES string of the molecule is CC/C=C/CN1CCCNC(C)(C)C1. The highest BCUT2D eigenvalue weighted by Gasteiger charge is 2.22. The van der Waals surface area contributed by atoms with Crippen molar-refractivity contribution >= 4 is 0 Å². The minimum atomic E-state index is 0.274. The summed E-state index contributed by atoms with van der Waals surface area (Å²) in [6.07, 6.45) is 6.96. The molecule has 0 saturated carbocycles. The second-order valence-electron chi connectivity index (χ2n) is 4.78. The molecule has 0 amide bonds. The van der Waals surface area contributed by atoms with E-state index >= 15 is 0 Å². The molecule has 82 valence electrons. The molecule has 0 aliphatic carbocycles. The van der Waals surface area contributed by atoms with Gasteiger partial charge in [0.1, 0.15) is 0 Å². The Morgan fingerprint density at radius 2 is 2.14 bits per heavy atom. The van der Waals surface area contributed by atoms with Gasteiger partial charge in [-0.05, 0) is 39.8 Å². The summed E-state index contributed by atoms with van der Waals surface area (Å²) < 4.78 is 0. The van der Waals surface area contributed by atoms with Gasteiger partial charge in [0.15, 0.2) is 0 Å². The molecule has 1 saturated heterocycles. The lowest BCUT2D eigenvalue weighted by Crippen LogP contribution is -2.46. The van der Waals surface area contributed by atoms with E-state index < -0.39 is 0 Å². The smallest absolute Gasteiger partial charge is 0.0252 e. The second kappa shape index (κ2) is 5.52. The Labute approximate surface area is 88.4 Å². The maximum absolute atomic E-state index is 3.58. The molecule has 0 spiro atoms. The second-order valence-corrected chi connectivity index (χ2v) is 4.78. The summed E-state index contributed by atoms with van der Waals surface area (Å²) in [5.74, 6) is 0. The summed E-state index contributed by atoms with van der Waals surface area (Å²) in [4.78, 5) is 2.53. The van der Waals surface area contributed by atoms with Crippen molar-refractivity contribution in [3.8, 4) is 0 Å². The molecule has 1 fully saturated rings. The molecular formula is C12H24N2. The Bertz CT molecular complexity index is 185. The monoisotopic (exact) mass is 196 g/mol. The fourth-order valence-corrected chi connectivity index (χ4v) is 1.97. The van der Waals surface area contributed by atoms with Crippen LogP contribution >= 0.6 is 0 Å². The normalized spacial score (nSPS) is 23.9. The summed E-state index contributed by atoms with van der Waals surface area (Å²) in [6, 6.07) is 0. The van der Waals surface area contributed by atoms with Gasteiger partial charge in [-0.3, -0.25) is 4.90 Å². The fourth-order valence-electron chi connectivity index (χ4n) is 1.97. The topological polar surface area (TPSA) is 15.3 Å². The summed E-state index contributed by atoms with van der Waals surface area (Å²) >= 11 is 0. The van der Waals surface area contributed by atoms with Gasteiger partial charge in [-0.2, -0.15) is 0 Å².